The lowest BCUT2D eigenvalue weighted by molar-refractivity contribution is 1.37. The molecule has 112 heavy (non-hydrogen) atoms. The summed E-state index contributed by atoms with van der Waals surface area (Å²) < 4.78 is 5.06. The van der Waals surface area contributed by atoms with E-state index in [0.717, 1.165) is 138 Å². The van der Waals surface area contributed by atoms with Crippen LogP contribution in [-0.2, 0) is 0 Å². The number of rotatable bonds is 7. The summed E-state index contributed by atoms with van der Waals surface area (Å²) in [5.74, 6) is 0. The van der Waals surface area contributed by atoms with Crippen molar-refractivity contribution >= 4 is 204 Å². The standard InChI is InChI=1S/C104H56N6S2/c1-4-20-89-81(18-1)95-83(42-40-79-74-17-3-6-22-91(74)111-103(79)95)98(110-89)68-14-8-12-62(53-68)87-56-86-65(24-23-63-51-64(31-34-70(63)86)71-45-49-107-101-77(71)38-29-59-15-9-47-105-99(59)101)54-85(87)66-32-44-92-88(55-66)80-41-43-84-96(104(80)112-92)82-19-2-5-21-90(82)109-97(84)67-13-7-11-61(52-67)69-33-25-57-28-37-76-72(35-26-58-27-36-75(69)93(57)94(58)76)73-46-50-108-102-78(73)39-30-60-16-10-48-106-100(60)102/h1-56H. The maximum atomic E-state index is 5.61. The molecule has 514 valence electrons. The molecule has 0 aliphatic heterocycles. The van der Waals surface area contributed by atoms with Gasteiger partial charge in [0.25, 0.3) is 0 Å². The van der Waals surface area contributed by atoms with Gasteiger partial charge in [0.2, 0.25) is 0 Å². The van der Waals surface area contributed by atoms with Crippen LogP contribution < -0.4 is 0 Å². The topological polar surface area (TPSA) is 77.3 Å². The molecule has 0 spiro atoms. The van der Waals surface area contributed by atoms with Crippen molar-refractivity contribution in [3.8, 4) is 78.1 Å². The van der Waals surface area contributed by atoms with Crippen LogP contribution in [0.15, 0.2) is 340 Å². The second kappa shape index (κ2) is 23.6. The van der Waals surface area contributed by atoms with Crippen molar-refractivity contribution in [3.05, 3.63) is 340 Å². The lowest BCUT2D eigenvalue weighted by atomic mass is 9.86. The Balaban J connectivity index is 0.644. The van der Waals surface area contributed by atoms with Crippen LogP contribution in [0.2, 0.25) is 0 Å². The molecule has 0 saturated heterocycles. The molecule has 0 amide bonds. The predicted molar refractivity (Wildman–Crippen MR) is 476 cm³/mol. The Labute approximate surface area is 647 Å². The maximum Gasteiger partial charge on any atom is 0.0970 e. The highest BCUT2D eigenvalue weighted by Gasteiger charge is 2.24. The van der Waals surface area contributed by atoms with Gasteiger partial charge in [-0.15, -0.1) is 22.7 Å². The van der Waals surface area contributed by atoms with Crippen molar-refractivity contribution in [1.82, 2.24) is 29.9 Å². The van der Waals surface area contributed by atoms with Gasteiger partial charge in [-0.05, 0) is 194 Å². The van der Waals surface area contributed by atoms with E-state index in [-0.39, 0.29) is 0 Å². The van der Waals surface area contributed by atoms with E-state index in [1.807, 2.05) is 59.6 Å². The average Bonchev–Trinajstić information content (AvgIpc) is 1.33. The zero-order valence-corrected chi connectivity index (χ0v) is 61.5. The van der Waals surface area contributed by atoms with Crippen LogP contribution in [0.4, 0.5) is 0 Å². The van der Waals surface area contributed by atoms with Gasteiger partial charge in [-0.25, -0.2) is 9.97 Å². The van der Waals surface area contributed by atoms with Crippen LogP contribution in [0.1, 0.15) is 0 Å². The number of pyridine rings is 6. The molecule has 0 unspecified atom stereocenters. The van der Waals surface area contributed by atoms with Crippen molar-refractivity contribution in [2.45, 2.75) is 0 Å². The fourth-order valence-corrected chi connectivity index (χ4v) is 21.3. The van der Waals surface area contributed by atoms with Gasteiger partial charge < -0.3 is 0 Å². The van der Waals surface area contributed by atoms with E-state index in [0.29, 0.717) is 0 Å². The van der Waals surface area contributed by atoms with Crippen LogP contribution in [0.5, 0.6) is 0 Å². The Morgan fingerprint density at radius 1 is 0.188 bits per heavy atom. The lowest BCUT2D eigenvalue weighted by Crippen LogP contribution is -1.92. The fraction of sp³-hybridized carbons (Fsp3) is 0. The zero-order valence-electron chi connectivity index (χ0n) is 59.8. The van der Waals surface area contributed by atoms with Crippen molar-refractivity contribution in [2.24, 2.45) is 0 Å². The normalized spacial score (nSPS) is 12.3. The lowest BCUT2D eigenvalue weighted by Gasteiger charge is -2.18. The van der Waals surface area contributed by atoms with Crippen molar-refractivity contribution in [3.63, 3.8) is 0 Å². The average molecular weight is 1450 g/mol. The smallest absolute Gasteiger partial charge is 0.0970 e. The molecule has 8 heteroatoms. The van der Waals surface area contributed by atoms with E-state index >= 15 is 0 Å². The summed E-state index contributed by atoms with van der Waals surface area (Å²) in [7, 11) is 0. The van der Waals surface area contributed by atoms with Crippen molar-refractivity contribution in [2.75, 3.05) is 0 Å². The summed E-state index contributed by atoms with van der Waals surface area (Å²) in [6, 6.07) is 117. The third kappa shape index (κ3) is 9.07. The van der Waals surface area contributed by atoms with Gasteiger partial charge in [-0.3, -0.25) is 19.9 Å². The number of aromatic nitrogens is 6. The summed E-state index contributed by atoms with van der Waals surface area (Å²) in [5.41, 5.74) is 21.2. The Bertz CT molecular complexity index is 8490. The minimum atomic E-state index is 0.908. The van der Waals surface area contributed by atoms with E-state index in [2.05, 4.69) is 303 Å². The highest BCUT2D eigenvalue weighted by molar-refractivity contribution is 7.27. The van der Waals surface area contributed by atoms with Gasteiger partial charge in [0.1, 0.15) is 0 Å². The molecular formula is C104H56N6S2. The van der Waals surface area contributed by atoms with Crippen molar-refractivity contribution in [1.29, 1.82) is 0 Å². The molecule has 0 aliphatic rings. The first-order valence-electron chi connectivity index (χ1n) is 38.0. The van der Waals surface area contributed by atoms with Crippen molar-refractivity contribution < 1.29 is 0 Å². The van der Waals surface area contributed by atoms with Crippen LogP contribution in [0.3, 0.4) is 0 Å². The highest BCUT2D eigenvalue weighted by atomic mass is 32.1. The molecule has 0 fully saturated rings. The SMILES string of the molecule is c1cc(-c2cc3c(ccc4cc(-c5ccnc6c5ccc5cccnc56)ccc43)cc2-c2ccc3sc4c(ccc5c(-c6cccc(-c7ccc8ccc9c(-c%10ccnc%11c%10ccc%10cccnc%10%11)ccc%10ccc7c8c%109)c6)nc6ccccc6c54)c3c2)cc(-c2nc3ccccc3c3c2ccc2c4ccccc4sc23)c1. The maximum absolute atomic E-state index is 5.61. The zero-order chi connectivity index (χ0) is 73.0. The quantitative estimate of drug-likeness (QED) is 0.148. The summed E-state index contributed by atoms with van der Waals surface area (Å²) in [6.07, 6.45) is 7.57. The molecule has 8 heterocycles. The van der Waals surface area contributed by atoms with Gasteiger partial charge >= 0.3 is 0 Å². The Morgan fingerprint density at radius 2 is 0.625 bits per heavy atom. The van der Waals surface area contributed by atoms with Gasteiger partial charge in [0.15, 0.2) is 0 Å². The Hall–Kier alpha value is -14.3. The number of benzene rings is 17. The number of nitrogens with zero attached hydrogens (tertiary/aromatic N) is 6. The summed E-state index contributed by atoms with van der Waals surface area (Å²) in [6.45, 7) is 0. The number of hydrogen-bond acceptors (Lipinski definition) is 8. The predicted octanol–water partition coefficient (Wildman–Crippen LogP) is 28.9. The minimum Gasteiger partial charge on any atom is -0.254 e. The van der Waals surface area contributed by atoms with Gasteiger partial charge in [-0.2, -0.15) is 0 Å². The summed E-state index contributed by atoms with van der Waals surface area (Å²) >= 11 is 3.76. The first-order valence-corrected chi connectivity index (χ1v) is 39.6. The van der Waals surface area contributed by atoms with E-state index in [1.165, 1.54) is 121 Å². The number of fused-ring (bicyclic) bond motifs is 23. The molecule has 25 rings (SSSR count). The number of para-hydroxylation sites is 2. The second-order valence-electron chi connectivity index (χ2n) is 29.8. The molecule has 0 N–H and O–H groups in total. The van der Waals surface area contributed by atoms with Crippen LogP contribution in [0, 0.1) is 0 Å². The van der Waals surface area contributed by atoms with Gasteiger partial charge in [0.05, 0.1) is 44.5 Å². The molecule has 0 saturated carbocycles. The molecule has 0 bridgehead atoms. The Morgan fingerprint density at radius 3 is 1.29 bits per heavy atom. The largest absolute Gasteiger partial charge is 0.254 e. The van der Waals surface area contributed by atoms with Crippen LogP contribution in [-0.4, -0.2) is 29.9 Å². The Kier molecular flexibility index (Phi) is 13.0. The molecular weight excluding hydrogens is 1400 g/mol. The van der Waals surface area contributed by atoms with Crippen LogP contribution in [0.25, 0.3) is 259 Å². The number of hydrogen-bond donors (Lipinski definition) is 0. The van der Waals surface area contributed by atoms with E-state index in [4.69, 9.17) is 29.9 Å². The molecule has 17 aromatic carbocycles. The fourth-order valence-electron chi connectivity index (χ4n) is 18.8. The molecule has 0 aliphatic carbocycles. The van der Waals surface area contributed by atoms with Crippen LogP contribution >= 0.6 is 22.7 Å². The molecule has 6 nitrogen and oxygen atoms in total. The van der Waals surface area contributed by atoms with Gasteiger partial charge in [-0.1, -0.05) is 231 Å². The first-order chi connectivity index (χ1) is 55.5. The van der Waals surface area contributed by atoms with E-state index in [9.17, 15) is 0 Å². The third-order valence-corrected chi connectivity index (χ3v) is 26.3. The van der Waals surface area contributed by atoms with E-state index in [1.54, 1.807) is 0 Å². The summed E-state index contributed by atoms with van der Waals surface area (Å²) in [5, 5.41) is 28.5. The van der Waals surface area contributed by atoms with Gasteiger partial charge in [0, 0.05) is 130 Å². The minimum absolute atomic E-state index is 0.908. The molecule has 25 aromatic rings. The summed E-state index contributed by atoms with van der Waals surface area (Å²) in [4.78, 5) is 30.5. The highest BCUT2D eigenvalue weighted by Crippen LogP contribution is 2.51. The first kappa shape index (κ1) is 61.7. The number of thiophene rings is 2. The van der Waals surface area contributed by atoms with E-state index < -0.39 is 0 Å². The molecule has 0 atom stereocenters. The molecule has 8 aromatic heterocycles. The second-order valence-corrected chi connectivity index (χ2v) is 31.9. The monoisotopic (exact) mass is 1450 g/mol. The third-order valence-electron chi connectivity index (χ3n) is 23.9. The molecule has 0 radical (unpaired) electrons.